The summed E-state index contributed by atoms with van der Waals surface area (Å²) in [6.45, 7) is 3.22. The van der Waals surface area contributed by atoms with Gasteiger partial charge in [0.05, 0.1) is 5.56 Å². The van der Waals surface area contributed by atoms with Crippen molar-refractivity contribution >= 4 is 5.88 Å². The summed E-state index contributed by atoms with van der Waals surface area (Å²) >= 11 is 0. The molecule has 108 valence electrons. The van der Waals surface area contributed by atoms with Crippen LogP contribution < -0.4 is 5.73 Å². The maximum atomic E-state index is 13.7. The first kappa shape index (κ1) is 14.3. The minimum atomic E-state index is -2.23. The van der Waals surface area contributed by atoms with Gasteiger partial charge in [-0.05, 0) is 5.92 Å². The molecule has 0 bridgehead atoms. The molecule has 0 aliphatic carbocycles. The highest BCUT2D eigenvalue weighted by molar-refractivity contribution is 5.69. The number of benzene rings is 1. The van der Waals surface area contributed by atoms with E-state index in [1.807, 2.05) is 0 Å². The van der Waals surface area contributed by atoms with Crippen LogP contribution in [0.1, 0.15) is 25.3 Å². The fourth-order valence-corrected chi connectivity index (χ4v) is 1.86. The molecule has 0 aliphatic heterocycles. The lowest BCUT2D eigenvalue weighted by molar-refractivity contribution is 0.379. The molecule has 3 nitrogen and oxygen atoms in total. The van der Waals surface area contributed by atoms with Gasteiger partial charge in [0.2, 0.25) is 11.7 Å². The van der Waals surface area contributed by atoms with Gasteiger partial charge in [-0.25, -0.2) is 22.0 Å². The van der Waals surface area contributed by atoms with Crippen LogP contribution in [-0.4, -0.2) is 5.16 Å². The predicted octanol–water partition coefficient (Wildman–Crippen LogP) is 3.74. The first-order valence-corrected chi connectivity index (χ1v) is 5.54. The molecule has 1 aromatic carbocycles. The summed E-state index contributed by atoms with van der Waals surface area (Å²) in [5, 5.41) is 3.30. The van der Waals surface area contributed by atoms with E-state index in [2.05, 4.69) is 9.68 Å². The van der Waals surface area contributed by atoms with Crippen molar-refractivity contribution in [1.29, 1.82) is 0 Å². The number of anilines is 1. The third-order valence-electron chi connectivity index (χ3n) is 2.78. The minimum absolute atomic E-state index is 0.0770. The Balaban J connectivity index is 2.84. The van der Waals surface area contributed by atoms with Crippen LogP contribution in [0.15, 0.2) is 4.52 Å². The van der Waals surface area contributed by atoms with Gasteiger partial charge in [0.15, 0.2) is 23.3 Å². The van der Waals surface area contributed by atoms with E-state index in [0.29, 0.717) is 0 Å². The molecule has 0 spiro atoms. The van der Waals surface area contributed by atoms with Gasteiger partial charge in [-0.2, -0.15) is 0 Å². The van der Waals surface area contributed by atoms with E-state index in [1.54, 1.807) is 13.8 Å². The molecule has 0 unspecified atom stereocenters. The lowest BCUT2D eigenvalue weighted by Gasteiger charge is -2.09. The van der Waals surface area contributed by atoms with Crippen molar-refractivity contribution in [3.05, 3.63) is 34.6 Å². The van der Waals surface area contributed by atoms with Gasteiger partial charge in [0.25, 0.3) is 0 Å². The molecule has 0 fully saturated rings. The van der Waals surface area contributed by atoms with Crippen molar-refractivity contribution < 1.29 is 26.5 Å². The van der Waals surface area contributed by atoms with Crippen molar-refractivity contribution in [3.63, 3.8) is 0 Å². The second-order valence-electron chi connectivity index (χ2n) is 4.41. The highest BCUT2D eigenvalue weighted by Crippen LogP contribution is 2.37. The van der Waals surface area contributed by atoms with E-state index >= 15 is 0 Å². The zero-order chi connectivity index (χ0) is 15.2. The normalized spacial score (nSPS) is 11.4. The van der Waals surface area contributed by atoms with Gasteiger partial charge in [0, 0.05) is 5.56 Å². The molecular weight excluding hydrogens is 283 g/mol. The Kier molecular flexibility index (Phi) is 3.41. The quantitative estimate of drug-likeness (QED) is 0.521. The Morgan fingerprint density at radius 1 is 0.900 bits per heavy atom. The molecule has 2 rings (SSSR count). The van der Waals surface area contributed by atoms with E-state index < -0.39 is 40.3 Å². The second-order valence-corrected chi connectivity index (χ2v) is 4.41. The van der Waals surface area contributed by atoms with E-state index in [0.717, 1.165) is 0 Å². The molecule has 0 saturated carbocycles. The van der Waals surface area contributed by atoms with Crippen molar-refractivity contribution in [2.75, 3.05) is 5.73 Å². The van der Waals surface area contributed by atoms with Gasteiger partial charge < -0.3 is 10.3 Å². The third kappa shape index (κ3) is 1.91. The Hall–Kier alpha value is -2.12. The number of nitrogens with two attached hydrogens (primary N) is 1. The van der Waals surface area contributed by atoms with E-state index in [1.165, 1.54) is 0 Å². The van der Waals surface area contributed by atoms with Crippen molar-refractivity contribution in [2.24, 2.45) is 0 Å². The molecule has 1 heterocycles. The van der Waals surface area contributed by atoms with Crippen LogP contribution >= 0.6 is 0 Å². The van der Waals surface area contributed by atoms with Gasteiger partial charge >= 0.3 is 0 Å². The Labute approximate surface area is 110 Å². The lowest BCUT2D eigenvalue weighted by Crippen LogP contribution is -2.06. The molecule has 0 saturated heterocycles. The molecule has 0 radical (unpaired) electrons. The van der Waals surface area contributed by atoms with Gasteiger partial charge in [-0.15, -0.1) is 0 Å². The van der Waals surface area contributed by atoms with E-state index in [-0.39, 0.29) is 17.4 Å². The van der Waals surface area contributed by atoms with Crippen LogP contribution in [0.5, 0.6) is 0 Å². The summed E-state index contributed by atoms with van der Waals surface area (Å²) in [4.78, 5) is 0. The fourth-order valence-electron chi connectivity index (χ4n) is 1.86. The smallest absolute Gasteiger partial charge is 0.226 e. The highest BCUT2D eigenvalue weighted by Gasteiger charge is 2.31. The summed E-state index contributed by atoms with van der Waals surface area (Å²) in [7, 11) is 0. The Morgan fingerprint density at radius 3 is 1.80 bits per heavy atom. The zero-order valence-corrected chi connectivity index (χ0v) is 10.4. The number of nitrogen functional groups attached to an aromatic ring is 1. The first-order chi connectivity index (χ1) is 9.27. The van der Waals surface area contributed by atoms with Crippen LogP contribution in [-0.2, 0) is 0 Å². The monoisotopic (exact) mass is 292 g/mol. The van der Waals surface area contributed by atoms with Gasteiger partial charge in [-0.1, -0.05) is 19.0 Å². The summed E-state index contributed by atoms with van der Waals surface area (Å²) < 4.78 is 71.3. The Bertz CT molecular complexity index is 652. The van der Waals surface area contributed by atoms with Crippen LogP contribution in [0.3, 0.4) is 0 Å². The average molecular weight is 292 g/mol. The van der Waals surface area contributed by atoms with E-state index in [9.17, 15) is 22.0 Å². The largest absolute Gasteiger partial charge is 0.367 e. The standard InChI is InChI=1S/C12H9F5N2O/c1-3(2)4-11(19-20-12(4)18)5-6(13)8(15)10(17)9(16)7(5)14/h3H,18H2,1-2H3. The summed E-state index contributed by atoms with van der Waals surface area (Å²) in [6.07, 6.45) is 0. The average Bonchev–Trinajstić information content (AvgIpc) is 2.76. The van der Waals surface area contributed by atoms with Crippen LogP contribution in [0.25, 0.3) is 11.3 Å². The van der Waals surface area contributed by atoms with Crippen molar-refractivity contribution in [2.45, 2.75) is 19.8 Å². The van der Waals surface area contributed by atoms with Gasteiger partial charge in [-0.3, -0.25) is 0 Å². The molecular formula is C12H9F5N2O. The zero-order valence-electron chi connectivity index (χ0n) is 10.4. The molecule has 1 aromatic heterocycles. The van der Waals surface area contributed by atoms with Crippen LogP contribution in [0, 0.1) is 29.1 Å². The number of nitrogens with zero attached hydrogens (tertiary/aromatic N) is 1. The molecule has 0 amide bonds. The van der Waals surface area contributed by atoms with Crippen LogP contribution in [0.2, 0.25) is 0 Å². The molecule has 0 atom stereocenters. The van der Waals surface area contributed by atoms with Crippen LogP contribution in [0.4, 0.5) is 27.8 Å². The number of halogens is 5. The number of aromatic nitrogens is 1. The maximum Gasteiger partial charge on any atom is 0.226 e. The molecule has 0 aliphatic rings. The molecule has 8 heteroatoms. The maximum absolute atomic E-state index is 13.7. The second kappa shape index (κ2) is 4.77. The first-order valence-electron chi connectivity index (χ1n) is 5.54. The highest BCUT2D eigenvalue weighted by atomic mass is 19.2. The molecule has 2 aromatic rings. The van der Waals surface area contributed by atoms with Crippen molar-refractivity contribution in [1.82, 2.24) is 5.16 Å². The number of hydrogen-bond acceptors (Lipinski definition) is 3. The van der Waals surface area contributed by atoms with E-state index in [4.69, 9.17) is 5.73 Å². The fraction of sp³-hybridized carbons (Fsp3) is 0.250. The number of hydrogen-bond donors (Lipinski definition) is 1. The summed E-state index contributed by atoms with van der Waals surface area (Å²) in [5.41, 5.74) is 3.88. The minimum Gasteiger partial charge on any atom is -0.367 e. The topological polar surface area (TPSA) is 52.0 Å². The Morgan fingerprint density at radius 2 is 1.35 bits per heavy atom. The van der Waals surface area contributed by atoms with Crippen molar-refractivity contribution in [3.8, 4) is 11.3 Å². The molecule has 2 N–H and O–H groups in total. The summed E-state index contributed by atoms with van der Waals surface area (Å²) in [5.74, 6) is -10.9. The lowest BCUT2D eigenvalue weighted by atomic mass is 9.98. The van der Waals surface area contributed by atoms with Gasteiger partial charge in [0.1, 0.15) is 5.69 Å². The third-order valence-corrected chi connectivity index (χ3v) is 2.78. The molecule has 20 heavy (non-hydrogen) atoms. The SMILES string of the molecule is CC(C)c1c(-c2c(F)c(F)c(F)c(F)c2F)noc1N. The predicted molar refractivity (Wildman–Crippen MR) is 60.2 cm³/mol. The number of rotatable bonds is 2. The summed E-state index contributed by atoms with van der Waals surface area (Å²) in [6, 6.07) is 0.